The maximum atomic E-state index is 2.43. The monoisotopic (exact) mass is 625 g/mol. The predicted octanol–water partition coefficient (Wildman–Crippen LogP) is 12.5. The molecule has 2 heterocycles. The van der Waals surface area contributed by atoms with Gasteiger partial charge in [0, 0.05) is 50.8 Å². The van der Waals surface area contributed by atoms with Crippen LogP contribution in [0.5, 0.6) is 0 Å². The van der Waals surface area contributed by atoms with Crippen LogP contribution in [0.4, 0.5) is 17.1 Å². The van der Waals surface area contributed by atoms with E-state index in [0.29, 0.717) is 0 Å². The molecule has 3 nitrogen and oxygen atoms in total. The number of hydrogen-bond acceptors (Lipinski definition) is 1. The van der Waals surface area contributed by atoms with Crippen LogP contribution in [-0.2, 0) is 0 Å². The normalized spacial score (nSPS) is 11.7. The zero-order valence-electron chi connectivity index (χ0n) is 26.7. The summed E-state index contributed by atoms with van der Waals surface area (Å²) in [7, 11) is 0. The smallest absolute Gasteiger partial charge is 0.0628 e. The largest absolute Gasteiger partial charge is 0.316 e. The number of aromatic nitrogens is 2. The van der Waals surface area contributed by atoms with E-state index in [1.54, 1.807) is 0 Å². The third-order valence-corrected chi connectivity index (χ3v) is 9.85. The molecule has 49 heavy (non-hydrogen) atoms. The first-order valence-electron chi connectivity index (χ1n) is 16.8. The Bertz CT molecular complexity index is 2760. The Kier molecular flexibility index (Phi) is 6.18. The molecular formula is C46H31N3. The summed E-state index contributed by atoms with van der Waals surface area (Å²) in [6.07, 6.45) is 2.19. The van der Waals surface area contributed by atoms with Crippen LogP contribution in [0.3, 0.4) is 0 Å². The van der Waals surface area contributed by atoms with Crippen molar-refractivity contribution < 1.29 is 0 Å². The van der Waals surface area contributed by atoms with Gasteiger partial charge in [-0.15, -0.1) is 0 Å². The van der Waals surface area contributed by atoms with Gasteiger partial charge in [0.15, 0.2) is 0 Å². The van der Waals surface area contributed by atoms with Crippen molar-refractivity contribution in [3.63, 3.8) is 0 Å². The molecule has 0 aliphatic rings. The summed E-state index contributed by atoms with van der Waals surface area (Å²) in [5.74, 6) is 0. The fourth-order valence-electron chi connectivity index (χ4n) is 7.61. The molecule has 2 aromatic heterocycles. The minimum Gasteiger partial charge on any atom is -0.316 e. The Hall–Kier alpha value is -6.58. The maximum Gasteiger partial charge on any atom is 0.0628 e. The van der Waals surface area contributed by atoms with E-state index in [0.717, 1.165) is 28.4 Å². The van der Waals surface area contributed by atoms with Gasteiger partial charge in [-0.25, -0.2) is 0 Å². The first-order chi connectivity index (χ1) is 24.3. The quantitative estimate of drug-likeness (QED) is 0.185. The number of fused-ring (bicyclic) bond motifs is 7. The van der Waals surface area contributed by atoms with Crippen molar-refractivity contribution in [3.05, 3.63) is 188 Å². The van der Waals surface area contributed by atoms with E-state index >= 15 is 0 Å². The van der Waals surface area contributed by atoms with Crippen molar-refractivity contribution in [2.75, 3.05) is 4.90 Å². The Morgan fingerprint density at radius 1 is 0.367 bits per heavy atom. The second kappa shape index (κ2) is 11.0. The van der Waals surface area contributed by atoms with Gasteiger partial charge >= 0.3 is 0 Å². The maximum absolute atomic E-state index is 2.43. The average molecular weight is 626 g/mol. The summed E-state index contributed by atoms with van der Waals surface area (Å²) in [6, 6.07) is 65.8. The van der Waals surface area contributed by atoms with Crippen molar-refractivity contribution in [1.82, 2.24) is 9.13 Å². The second-order valence-electron chi connectivity index (χ2n) is 12.7. The summed E-state index contributed by atoms with van der Waals surface area (Å²) >= 11 is 0. The van der Waals surface area contributed by atoms with Crippen molar-refractivity contribution in [3.8, 4) is 11.4 Å². The molecule has 0 atom stereocenters. The van der Waals surface area contributed by atoms with Crippen LogP contribution in [0.15, 0.2) is 188 Å². The highest BCUT2D eigenvalue weighted by atomic mass is 15.1. The van der Waals surface area contributed by atoms with Crippen molar-refractivity contribution in [2.45, 2.75) is 0 Å². The molecule has 0 N–H and O–H groups in total. The third-order valence-electron chi connectivity index (χ3n) is 9.85. The topological polar surface area (TPSA) is 13.1 Å². The lowest BCUT2D eigenvalue weighted by molar-refractivity contribution is 1.13. The fraction of sp³-hybridized carbons (Fsp3) is 0. The standard InChI is InChI=1S/C46H31N3/c1-2-15-37(16-3-1)47-28-27-34-23-26-44-45(46(34)47)42-19-8-9-20-43(42)49(44)39-18-10-17-38(31-39)48(40-24-21-32-11-4-6-13-35(32)29-40)41-25-22-33-12-5-7-14-36(33)30-41/h1-31H. The number of hydrogen-bond donors (Lipinski definition) is 0. The number of para-hydroxylation sites is 2. The molecule has 0 aliphatic heterocycles. The molecule has 8 aromatic carbocycles. The second-order valence-corrected chi connectivity index (χ2v) is 12.7. The summed E-state index contributed by atoms with van der Waals surface area (Å²) in [6.45, 7) is 0. The molecular weight excluding hydrogens is 595 g/mol. The molecule has 3 heteroatoms. The Balaban J connectivity index is 1.21. The van der Waals surface area contributed by atoms with Crippen LogP contribution in [0, 0.1) is 0 Å². The lowest BCUT2D eigenvalue weighted by Crippen LogP contribution is -2.10. The van der Waals surface area contributed by atoms with Gasteiger partial charge in [-0.3, -0.25) is 0 Å². The van der Waals surface area contributed by atoms with Crippen LogP contribution in [-0.4, -0.2) is 9.13 Å². The summed E-state index contributed by atoms with van der Waals surface area (Å²) in [5.41, 5.74) is 9.21. The molecule has 0 bridgehead atoms. The Labute approximate surface area is 284 Å². The van der Waals surface area contributed by atoms with Crippen LogP contribution >= 0.6 is 0 Å². The molecule has 0 fully saturated rings. The van der Waals surface area contributed by atoms with Crippen LogP contribution in [0.1, 0.15) is 0 Å². The molecule has 10 aromatic rings. The number of nitrogens with zero attached hydrogens (tertiary/aromatic N) is 3. The summed E-state index contributed by atoms with van der Waals surface area (Å²) < 4.78 is 4.75. The first kappa shape index (κ1) is 27.5. The van der Waals surface area contributed by atoms with Gasteiger partial charge in [-0.05, 0) is 94.3 Å². The molecule has 0 amide bonds. The van der Waals surface area contributed by atoms with Crippen LogP contribution < -0.4 is 4.90 Å². The van der Waals surface area contributed by atoms with Gasteiger partial charge in [-0.1, -0.05) is 109 Å². The van der Waals surface area contributed by atoms with E-state index in [2.05, 4.69) is 202 Å². The van der Waals surface area contributed by atoms with E-state index in [9.17, 15) is 0 Å². The van der Waals surface area contributed by atoms with Gasteiger partial charge in [-0.2, -0.15) is 0 Å². The molecule has 0 radical (unpaired) electrons. The van der Waals surface area contributed by atoms with Crippen LogP contribution in [0.25, 0.3) is 65.6 Å². The number of anilines is 3. The first-order valence-corrected chi connectivity index (χ1v) is 16.8. The number of rotatable bonds is 5. The average Bonchev–Trinajstić information content (AvgIpc) is 3.75. The lowest BCUT2D eigenvalue weighted by Gasteiger charge is -2.27. The van der Waals surface area contributed by atoms with Gasteiger partial charge in [0.2, 0.25) is 0 Å². The minimum atomic E-state index is 1.10. The lowest BCUT2D eigenvalue weighted by atomic mass is 10.1. The van der Waals surface area contributed by atoms with Crippen molar-refractivity contribution in [2.24, 2.45) is 0 Å². The molecule has 0 unspecified atom stereocenters. The van der Waals surface area contributed by atoms with Gasteiger partial charge < -0.3 is 14.0 Å². The van der Waals surface area contributed by atoms with E-state index in [4.69, 9.17) is 0 Å². The highest BCUT2D eigenvalue weighted by molar-refractivity contribution is 6.20. The third kappa shape index (κ3) is 4.44. The van der Waals surface area contributed by atoms with E-state index < -0.39 is 0 Å². The zero-order valence-corrected chi connectivity index (χ0v) is 26.7. The zero-order chi connectivity index (χ0) is 32.3. The Morgan fingerprint density at radius 3 is 1.69 bits per heavy atom. The molecule has 230 valence electrons. The molecule has 0 spiro atoms. The SMILES string of the molecule is c1ccc(-n2ccc3ccc4c(c5ccccc5n4-c4cccc(N(c5ccc6ccccc6c5)c5ccc6ccccc6c5)c4)c32)cc1. The van der Waals surface area contributed by atoms with E-state index in [1.807, 2.05) is 0 Å². The van der Waals surface area contributed by atoms with Gasteiger partial charge in [0.25, 0.3) is 0 Å². The molecule has 0 saturated heterocycles. The van der Waals surface area contributed by atoms with Crippen LogP contribution in [0.2, 0.25) is 0 Å². The van der Waals surface area contributed by atoms with E-state index in [1.165, 1.54) is 54.3 Å². The highest BCUT2D eigenvalue weighted by Crippen LogP contribution is 2.41. The number of benzene rings is 8. The predicted molar refractivity (Wildman–Crippen MR) is 207 cm³/mol. The van der Waals surface area contributed by atoms with Gasteiger partial charge in [0.05, 0.1) is 16.6 Å². The van der Waals surface area contributed by atoms with Crippen molar-refractivity contribution >= 4 is 71.3 Å². The minimum absolute atomic E-state index is 1.10. The Morgan fingerprint density at radius 2 is 0.959 bits per heavy atom. The van der Waals surface area contributed by atoms with E-state index in [-0.39, 0.29) is 0 Å². The summed E-state index contributed by atoms with van der Waals surface area (Å²) in [4.78, 5) is 2.38. The van der Waals surface area contributed by atoms with Gasteiger partial charge in [0.1, 0.15) is 0 Å². The fourth-order valence-corrected chi connectivity index (χ4v) is 7.61. The molecule has 10 rings (SSSR count). The summed E-state index contributed by atoms with van der Waals surface area (Å²) in [5, 5.41) is 8.63. The molecule has 0 saturated carbocycles. The van der Waals surface area contributed by atoms with Crippen molar-refractivity contribution in [1.29, 1.82) is 0 Å². The highest BCUT2D eigenvalue weighted by Gasteiger charge is 2.19. The molecule has 0 aliphatic carbocycles.